The van der Waals surface area contributed by atoms with E-state index < -0.39 is 60.9 Å². The van der Waals surface area contributed by atoms with E-state index >= 15 is 0 Å². The SMILES string of the molecule is CC(=O)O[C@@H](C[C@@H]1C=C(C)C(=O)O1)[C@H](C)[C@H]1CC[C@@H]2[C@@]3(C)CC[C@H](O[C@@H]4O[C@H](CO)[C@@H](O)[C@H](O)[C@H]4O)C(C)(C)C3CC[C@@]2(C)[C@@]12COC(=O)C2. The van der Waals surface area contributed by atoms with Crippen LogP contribution in [0.1, 0.15) is 99.8 Å². The number of aliphatic hydroxyl groups excluding tert-OH is 4. The normalized spacial score (nSPS) is 46.7. The molecule has 0 aromatic carbocycles. The lowest BCUT2D eigenvalue weighted by atomic mass is 9.34. The van der Waals surface area contributed by atoms with Gasteiger partial charge in [-0.05, 0) is 91.4 Å². The second-order valence-corrected chi connectivity index (χ2v) is 17.5. The third-order valence-electron chi connectivity index (χ3n) is 14.7. The van der Waals surface area contributed by atoms with Crippen LogP contribution in [0.5, 0.6) is 0 Å². The zero-order chi connectivity index (χ0) is 36.6. The highest BCUT2D eigenvalue weighted by molar-refractivity contribution is 5.90. The van der Waals surface area contributed by atoms with Gasteiger partial charge in [-0.2, -0.15) is 0 Å². The largest absolute Gasteiger partial charge is 0.465 e. The number of fused-ring (bicyclic) bond motifs is 4. The van der Waals surface area contributed by atoms with Crippen LogP contribution in [0.3, 0.4) is 0 Å². The van der Waals surface area contributed by atoms with Crippen molar-refractivity contribution in [1.82, 2.24) is 0 Å². The molecule has 6 aliphatic rings. The second kappa shape index (κ2) is 13.4. The predicted octanol–water partition coefficient (Wildman–Crippen LogP) is 3.20. The van der Waals surface area contributed by atoms with Crippen molar-refractivity contribution in [2.45, 2.75) is 149 Å². The average molecular weight is 707 g/mol. The quantitative estimate of drug-likeness (QED) is 0.165. The van der Waals surface area contributed by atoms with Gasteiger partial charge in [0.25, 0.3) is 0 Å². The summed E-state index contributed by atoms with van der Waals surface area (Å²) in [6.07, 6.45) is -0.395. The molecule has 50 heavy (non-hydrogen) atoms. The first-order chi connectivity index (χ1) is 23.4. The Balaban J connectivity index is 1.26. The summed E-state index contributed by atoms with van der Waals surface area (Å²) in [5, 5.41) is 41.2. The molecule has 4 N–H and O–H groups in total. The lowest BCUT2D eigenvalue weighted by Crippen LogP contribution is -2.67. The summed E-state index contributed by atoms with van der Waals surface area (Å²) in [7, 11) is 0. The number of hydrogen-bond donors (Lipinski definition) is 4. The summed E-state index contributed by atoms with van der Waals surface area (Å²) in [5.41, 5.74) is -0.625. The van der Waals surface area contributed by atoms with E-state index in [1.807, 2.05) is 0 Å². The minimum Gasteiger partial charge on any atom is -0.465 e. The van der Waals surface area contributed by atoms with Gasteiger partial charge in [0.2, 0.25) is 0 Å². The van der Waals surface area contributed by atoms with E-state index in [0.717, 1.165) is 32.1 Å². The predicted molar refractivity (Wildman–Crippen MR) is 178 cm³/mol. The second-order valence-electron chi connectivity index (χ2n) is 17.5. The molecule has 0 radical (unpaired) electrons. The Morgan fingerprint density at radius 1 is 1.00 bits per heavy atom. The lowest BCUT2D eigenvalue weighted by Gasteiger charge is -2.70. The van der Waals surface area contributed by atoms with Crippen molar-refractivity contribution in [2.24, 2.45) is 45.3 Å². The molecule has 5 fully saturated rings. The van der Waals surface area contributed by atoms with Crippen molar-refractivity contribution < 1.29 is 58.5 Å². The van der Waals surface area contributed by atoms with Crippen molar-refractivity contribution in [3.8, 4) is 0 Å². The molecule has 3 aliphatic carbocycles. The van der Waals surface area contributed by atoms with E-state index in [4.69, 9.17) is 23.7 Å². The molecule has 12 nitrogen and oxygen atoms in total. The Morgan fingerprint density at radius 3 is 2.32 bits per heavy atom. The maximum Gasteiger partial charge on any atom is 0.334 e. The summed E-state index contributed by atoms with van der Waals surface area (Å²) in [5.74, 6) is -0.526. The van der Waals surface area contributed by atoms with E-state index in [1.54, 1.807) is 13.0 Å². The summed E-state index contributed by atoms with van der Waals surface area (Å²) < 4.78 is 29.6. The number of hydrogen-bond acceptors (Lipinski definition) is 12. The first-order valence-corrected chi connectivity index (χ1v) is 18.6. The van der Waals surface area contributed by atoms with Crippen LogP contribution >= 0.6 is 0 Å². The number of esters is 3. The maximum atomic E-state index is 13.1. The average Bonchev–Trinajstić information content (AvgIpc) is 3.59. The first-order valence-electron chi connectivity index (χ1n) is 18.6. The molecule has 1 spiro atoms. The van der Waals surface area contributed by atoms with Crippen LogP contribution in [0.15, 0.2) is 11.6 Å². The number of rotatable bonds is 8. The molecule has 3 heterocycles. The molecule has 0 aromatic heterocycles. The minimum absolute atomic E-state index is 0.0285. The fourth-order valence-corrected chi connectivity index (χ4v) is 12.1. The molecule has 2 saturated heterocycles. The van der Waals surface area contributed by atoms with Crippen molar-refractivity contribution in [3.63, 3.8) is 0 Å². The Labute approximate surface area is 295 Å². The Hall–Kier alpha value is -2.09. The van der Waals surface area contributed by atoms with Gasteiger partial charge in [-0.15, -0.1) is 0 Å². The van der Waals surface area contributed by atoms with Crippen molar-refractivity contribution >= 4 is 17.9 Å². The first kappa shape index (κ1) is 37.7. The minimum atomic E-state index is -1.50. The third-order valence-corrected chi connectivity index (χ3v) is 14.7. The van der Waals surface area contributed by atoms with Gasteiger partial charge in [0.15, 0.2) is 6.29 Å². The van der Waals surface area contributed by atoms with E-state index in [0.29, 0.717) is 31.4 Å². The zero-order valence-corrected chi connectivity index (χ0v) is 30.6. The summed E-state index contributed by atoms with van der Waals surface area (Å²) in [6.45, 7) is 14.2. The van der Waals surface area contributed by atoms with Crippen LogP contribution in [-0.4, -0.2) is 101 Å². The fraction of sp³-hybridized carbons (Fsp3) is 0.868. The number of carbonyl (C=O) groups is 3. The maximum absolute atomic E-state index is 13.1. The highest BCUT2D eigenvalue weighted by atomic mass is 16.7. The van der Waals surface area contributed by atoms with E-state index in [9.17, 15) is 34.8 Å². The summed E-state index contributed by atoms with van der Waals surface area (Å²) >= 11 is 0. The lowest BCUT2D eigenvalue weighted by molar-refractivity contribution is -0.331. The molecule has 0 bridgehead atoms. The molecule has 3 aliphatic heterocycles. The van der Waals surface area contributed by atoms with Crippen LogP contribution in [-0.2, 0) is 38.1 Å². The van der Waals surface area contributed by atoms with Crippen molar-refractivity contribution in [3.05, 3.63) is 11.6 Å². The van der Waals surface area contributed by atoms with Gasteiger partial charge >= 0.3 is 17.9 Å². The number of carbonyl (C=O) groups excluding carboxylic acids is 3. The monoisotopic (exact) mass is 706 g/mol. The number of cyclic esters (lactones) is 2. The van der Waals surface area contributed by atoms with Gasteiger partial charge in [0.05, 0.1) is 25.7 Å². The van der Waals surface area contributed by atoms with Crippen molar-refractivity contribution in [1.29, 1.82) is 0 Å². The highest BCUT2D eigenvalue weighted by Crippen LogP contribution is 2.74. The number of ether oxygens (including phenoxy) is 5. The van der Waals surface area contributed by atoms with E-state index in [2.05, 4.69) is 34.6 Å². The smallest absolute Gasteiger partial charge is 0.334 e. The van der Waals surface area contributed by atoms with Gasteiger partial charge in [-0.25, -0.2) is 4.79 Å². The van der Waals surface area contributed by atoms with E-state index in [1.165, 1.54) is 6.92 Å². The molecule has 0 aromatic rings. The van der Waals surface area contributed by atoms with Gasteiger partial charge in [-0.1, -0.05) is 34.6 Å². The van der Waals surface area contributed by atoms with Crippen LogP contribution < -0.4 is 0 Å². The molecule has 3 saturated carbocycles. The van der Waals surface area contributed by atoms with Gasteiger partial charge in [0.1, 0.15) is 36.6 Å². The number of aliphatic hydroxyl groups is 4. The molecule has 1 unspecified atom stereocenters. The molecule has 282 valence electrons. The van der Waals surface area contributed by atoms with Gasteiger partial charge in [0, 0.05) is 24.3 Å². The van der Waals surface area contributed by atoms with Crippen LogP contribution in [0.4, 0.5) is 0 Å². The molecule has 0 amide bonds. The van der Waals surface area contributed by atoms with Crippen LogP contribution in [0.2, 0.25) is 0 Å². The van der Waals surface area contributed by atoms with Gasteiger partial charge in [-0.3, -0.25) is 9.59 Å². The van der Waals surface area contributed by atoms with Crippen molar-refractivity contribution in [2.75, 3.05) is 13.2 Å². The topological polar surface area (TPSA) is 178 Å². The Kier molecular flexibility index (Phi) is 10.1. The van der Waals surface area contributed by atoms with Crippen LogP contribution in [0.25, 0.3) is 0 Å². The third kappa shape index (κ3) is 5.93. The summed E-state index contributed by atoms with van der Waals surface area (Å²) in [6, 6.07) is 0. The fourth-order valence-electron chi connectivity index (χ4n) is 12.1. The molecular formula is C38H58O12. The van der Waals surface area contributed by atoms with E-state index in [-0.39, 0.29) is 58.0 Å². The highest BCUT2D eigenvalue weighted by Gasteiger charge is 2.71. The molecule has 6 rings (SSSR count). The van der Waals surface area contributed by atoms with Crippen LogP contribution in [0, 0.1) is 45.3 Å². The zero-order valence-electron chi connectivity index (χ0n) is 30.6. The van der Waals surface area contributed by atoms with Gasteiger partial charge < -0.3 is 44.1 Å². The summed E-state index contributed by atoms with van der Waals surface area (Å²) in [4.78, 5) is 37.7. The molecule has 15 atom stereocenters. The molecule has 12 heteroatoms. The molecular weight excluding hydrogens is 648 g/mol. The standard InChI is InChI=1S/C38H58O12/c1-19-14-22(48-33(19)45)15-24(47-21(3)40)20(2)23-8-9-27-36(6)12-11-28(50-34-32(44)31(43)30(42)25(17-39)49-34)35(4,5)26(36)10-13-37(27,7)38(23)16-29(41)46-18-38/h14,20,22-28,30-32,34,39,42-44H,8-13,15-18H2,1-7H3/t20-,22+,23-,24+,25-,26?,27-,28+,30-,31+,32-,34+,36+,37-,38+/m1/s1. The Bertz CT molecular complexity index is 1360. The Morgan fingerprint density at radius 2 is 1.72 bits per heavy atom.